The van der Waals surface area contributed by atoms with Crippen LogP contribution in [-0.4, -0.2) is 11.1 Å². The van der Waals surface area contributed by atoms with Crippen molar-refractivity contribution in [2.45, 2.75) is 39.3 Å². The second-order valence-corrected chi connectivity index (χ2v) is 6.19. The highest BCUT2D eigenvalue weighted by Gasteiger charge is 2.23. The van der Waals surface area contributed by atoms with Crippen LogP contribution in [0, 0.1) is 5.41 Å². The molecule has 0 saturated carbocycles. The first kappa shape index (κ1) is 13.7. The number of aliphatic hydroxyl groups excluding tert-OH is 1. The molecule has 2 atom stereocenters. The molecule has 0 heterocycles. The van der Waals surface area contributed by atoms with Crippen LogP contribution in [0.4, 0.5) is 0 Å². The van der Waals surface area contributed by atoms with Crippen LogP contribution in [0.3, 0.4) is 0 Å². The Labute approximate surface area is 106 Å². The van der Waals surface area contributed by atoms with E-state index in [9.17, 15) is 5.11 Å². The number of nitrogens with two attached hydrogens (primary N) is 1. The van der Waals surface area contributed by atoms with Crippen LogP contribution >= 0.6 is 15.9 Å². The lowest BCUT2D eigenvalue weighted by Gasteiger charge is -2.29. The van der Waals surface area contributed by atoms with Gasteiger partial charge in [0.2, 0.25) is 0 Å². The maximum atomic E-state index is 10.0. The Balaban J connectivity index is 2.65. The van der Waals surface area contributed by atoms with Crippen LogP contribution in [0.15, 0.2) is 28.7 Å². The molecule has 1 aromatic rings. The van der Waals surface area contributed by atoms with Crippen LogP contribution in [-0.2, 0) is 0 Å². The Morgan fingerprint density at radius 1 is 1.25 bits per heavy atom. The Bertz CT molecular complexity index is 329. The van der Waals surface area contributed by atoms with E-state index in [4.69, 9.17) is 5.73 Å². The molecule has 1 aromatic carbocycles. The minimum Gasteiger partial charge on any atom is -0.388 e. The molecular weight excluding hydrogens is 266 g/mol. The fraction of sp³-hybridized carbons (Fsp3) is 0.538. The van der Waals surface area contributed by atoms with Crippen molar-refractivity contribution in [1.82, 2.24) is 0 Å². The first-order valence-corrected chi connectivity index (χ1v) is 6.29. The normalized spacial score (nSPS) is 15.9. The molecule has 0 aliphatic heterocycles. The van der Waals surface area contributed by atoms with Crippen molar-refractivity contribution in [3.63, 3.8) is 0 Å². The highest BCUT2D eigenvalue weighted by Crippen LogP contribution is 2.27. The minimum absolute atomic E-state index is 0.00820. The summed E-state index contributed by atoms with van der Waals surface area (Å²) in [6, 6.07) is 7.70. The SMILES string of the molecule is CC(C)(C)[C@H](N)C[C@H](O)c1ccc(Br)cc1. The van der Waals surface area contributed by atoms with Gasteiger partial charge in [0.15, 0.2) is 0 Å². The Morgan fingerprint density at radius 3 is 2.19 bits per heavy atom. The summed E-state index contributed by atoms with van der Waals surface area (Å²) >= 11 is 3.37. The summed E-state index contributed by atoms with van der Waals surface area (Å²) in [7, 11) is 0. The largest absolute Gasteiger partial charge is 0.388 e. The third-order valence-electron chi connectivity index (χ3n) is 2.84. The third kappa shape index (κ3) is 3.89. The summed E-state index contributed by atoms with van der Waals surface area (Å²) in [5.41, 5.74) is 6.99. The minimum atomic E-state index is -0.484. The molecule has 0 bridgehead atoms. The van der Waals surface area contributed by atoms with Crippen molar-refractivity contribution < 1.29 is 5.11 Å². The van der Waals surface area contributed by atoms with Crippen molar-refractivity contribution in [1.29, 1.82) is 0 Å². The molecule has 0 radical (unpaired) electrons. The van der Waals surface area contributed by atoms with E-state index in [2.05, 4.69) is 36.7 Å². The van der Waals surface area contributed by atoms with Gasteiger partial charge in [0.05, 0.1) is 6.10 Å². The molecule has 0 unspecified atom stereocenters. The molecule has 0 aliphatic carbocycles. The molecule has 0 aliphatic rings. The molecule has 3 N–H and O–H groups in total. The molecular formula is C13H20BrNO. The molecule has 2 nitrogen and oxygen atoms in total. The van der Waals surface area contributed by atoms with Crippen LogP contribution in [0.2, 0.25) is 0 Å². The number of hydrogen-bond donors (Lipinski definition) is 2. The maximum absolute atomic E-state index is 10.0. The van der Waals surface area contributed by atoms with Crippen molar-refractivity contribution in [2.24, 2.45) is 11.1 Å². The number of halogens is 1. The zero-order chi connectivity index (χ0) is 12.3. The van der Waals surface area contributed by atoms with Gasteiger partial charge in [-0.2, -0.15) is 0 Å². The van der Waals surface area contributed by atoms with E-state index in [1.807, 2.05) is 24.3 Å². The van der Waals surface area contributed by atoms with E-state index in [1.165, 1.54) is 0 Å². The second kappa shape index (κ2) is 5.30. The zero-order valence-corrected chi connectivity index (χ0v) is 11.7. The molecule has 3 heteroatoms. The average molecular weight is 286 g/mol. The van der Waals surface area contributed by atoms with Gasteiger partial charge in [-0.15, -0.1) is 0 Å². The van der Waals surface area contributed by atoms with Gasteiger partial charge in [-0.3, -0.25) is 0 Å². The highest BCUT2D eigenvalue weighted by molar-refractivity contribution is 9.10. The number of aliphatic hydroxyl groups is 1. The predicted molar refractivity (Wildman–Crippen MR) is 71.1 cm³/mol. The lowest BCUT2D eigenvalue weighted by atomic mass is 9.83. The first-order chi connectivity index (χ1) is 7.30. The second-order valence-electron chi connectivity index (χ2n) is 5.28. The average Bonchev–Trinajstić information content (AvgIpc) is 2.17. The highest BCUT2D eigenvalue weighted by atomic mass is 79.9. The van der Waals surface area contributed by atoms with Gasteiger partial charge in [0.25, 0.3) is 0 Å². The van der Waals surface area contributed by atoms with Crippen LogP contribution in [0.5, 0.6) is 0 Å². The Morgan fingerprint density at radius 2 is 1.75 bits per heavy atom. The van der Waals surface area contributed by atoms with Crippen LogP contribution in [0.25, 0.3) is 0 Å². The molecule has 0 amide bonds. The van der Waals surface area contributed by atoms with E-state index < -0.39 is 6.10 Å². The number of rotatable bonds is 3. The lowest BCUT2D eigenvalue weighted by molar-refractivity contribution is 0.133. The van der Waals surface area contributed by atoms with Crippen LogP contribution < -0.4 is 5.73 Å². The van der Waals surface area contributed by atoms with Gasteiger partial charge in [0, 0.05) is 10.5 Å². The molecule has 0 saturated heterocycles. The van der Waals surface area contributed by atoms with Gasteiger partial charge in [0.1, 0.15) is 0 Å². The van der Waals surface area contributed by atoms with Gasteiger partial charge < -0.3 is 10.8 Å². The molecule has 0 spiro atoms. The zero-order valence-electron chi connectivity index (χ0n) is 10.1. The fourth-order valence-corrected chi connectivity index (χ4v) is 1.68. The van der Waals surface area contributed by atoms with Gasteiger partial charge in [-0.05, 0) is 29.5 Å². The fourth-order valence-electron chi connectivity index (χ4n) is 1.42. The van der Waals surface area contributed by atoms with E-state index in [0.29, 0.717) is 6.42 Å². The maximum Gasteiger partial charge on any atom is 0.0805 e. The smallest absolute Gasteiger partial charge is 0.0805 e. The summed E-state index contributed by atoms with van der Waals surface area (Å²) in [6.45, 7) is 6.27. The molecule has 1 rings (SSSR count). The van der Waals surface area contributed by atoms with Crippen LogP contribution in [0.1, 0.15) is 38.9 Å². The quantitative estimate of drug-likeness (QED) is 0.896. The van der Waals surface area contributed by atoms with Crippen molar-refractivity contribution in [2.75, 3.05) is 0 Å². The summed E-state index contributed by atoms with van der Waals surface area (Å²) in [5, 5.41) is 10.0. The van der Waals surface area contributed by atoms with E-state index in [0.717, 1.165) is 10.0 Å². The van der Waals surface area contributed by atoms with E-state index >= 15 is 0 Å². The topological polar surface area (TPSA) is 46.2 Å². The molecule has 0 aromatic heterocycles. The standard InChI is InChI=1S/C13H20BrNO/c1-13(2,3)12(15)8-11(16)9-4-6-10(14)7-5-9/h4-7,11-12,16H,8,15H2,1-3H3/t11-,12+/m0/s1. The molecule has 90 valence electrons. The lowest BCUT2D eigenvalue weighted by Crippen LogP contribution is -2.36. The summed E-state index contributed by atoms with van der Waals surface area (Å²) < 4.78 is 1.02. The molecule has 0 fully saturated rings. The van der Waals surface area contributed by atoms with Gasteiger partial charge in [-0.1, -0.05) is 48.8 Å². The van der Waals surface area contributed by atoms with Crippen molar-refractivity contribution in [3.05, 3.63) is 34.3 Å². The summed E-state index contributed by atoms with van der Waals surface area (Å²) in [5.74, 6) is 0. The predicted octanol–water partition coefficient (Wildman–Crippen LogP) is 3.25. The third-order valence-corrected chi connectivity index (χ3v) is 3.37. The number of hydrogen-bond acceptors (Lipinski definition) is 2. The van der Waals surface area contributed by atoms with Gasteiger partial charge in [-0.25, -0.2) is 0 Å². The summed E-state index contributed by atoms with van der Waals surface area (Å²) in [6.07, 6.45) is 0.104. The Hall–Kier alpha value is -0.380. The van der Waals surface area contributed by atoms with E-state index in [1.54, 1.807) is 0 Å². The molecule has 16 heavy (non-hydrogen) atoms. The summed E-state index contributed by atoms with van der Waals surface area (Å²) in [4.78, 5) is 0. The monoisotopic (exact) mass is 285 g/mol. The first-order valence-electron chi connectivity index (χ1n) is 5.50. The Kier molecular flexibility index (Phi) is 4.53. The van der Waals surface area contributed by atoms with Crippen molar-refractivity contribution in [3.8, 4) is 0 Å². The van der Waals surface area contributed by atoms with Crippen molar-refractivity contribution >= 4 is 15.9 Å². The van der Waals surface area contributed by atoms with E-state index in [-0.39, 0.29) is 11.5 Å². The number of benzene rings is 1. The van der Waals surface area contributed by atoms with Gasteiger partial charge >= 0.3 is 0 Å².